The highest BCUT2D eigenvalue weighted by Crippen LogP contribution is 2.48. The molecule has 1 aromatic carbocycles. The number of carbonyl (C=O) groups is 1. The molecule has 1 aliphatic heterocycles. The number of ether oxygens (including phenoxy) is 1. The van der Waals surface area contributed by atoms with Gasteiger partial charge in [0.1, 0.15) is 5.60 Å². The van der Waals surface area contributed by atoms with Crippen LogP contribution in [0.4, 0.5) is 19.5 Å². The molecule has 1 amide bonds. The molecule has 2 atom stereocenters. The molecule has 1 spiro atoms. The fraction of sp³-hybridized carbons (Fsp3) is 0.478. The monoisotopic (exact) mass is 455 g/mol. The van der Waals surface area contributed by atoms with Crippen LogP contribution in [0.15, 0.2) is 35.1 Å². The van der Waals surface area contributed by atoms with Gasteiger partial charge in [-0.2, -0.15) is 14.0 Å². The van der Waals surface area contributed by atoms with E-state index in [1.807, 2.05) is 16.7 Å². The summed E-state index contributed by atoms with van der Waals surface area (Å²) in [7, 11) is 0. The molecule has 2 aliphatic rings. The van der Waals surface area contributed by atoms with E-state index in [9.17, 15) is 18.8 Å². The summed E-state index contributed by atoms with van der Waals surface area (Å²) in [6, 6.07) is 8.65. The SMILES string of the molecule is CC1(Cn2cnc3ccc(C#N)cc32)CCC[C@@]2(CN(c3cc(C(C)(F)F)no3)C(=O)O2)C1. The van der Waals surface area contributed by atoms with E-state index in [0.29, 0.717) is 24.9 Å². The van der Waals surface area contributed by atoms with Crippen LogP contribution in [-0.2, 0) is 17.2 Å². The summed E-state index contributed by atoms with van der Waals surface area (Å²) in [5.74, 6) is -3.20. The zero-order valence-corrected chi connectivity index (χ0v) is 18.3. The van der Waals surface area contributed by atoms with Crippen LogP contribution in [-0.4, -0.2) is 32.9 Å². The first-order valence-corrected chi connectivity index (χ1v) is 10.8. The van der Waals surface area contributed by atoms with Crippen molar-refractivity contribution < 1.29 is 22.8 Å². The molecule has 1 saturated carbocycles. The zero-order valence-electron chi connectivity index (χ0n) is 18.3. The molecular formula is C23H23F2N5O3. The standard InChI is InChI=1S/C23H23F2N5O3/c1-21(12-29-14-27-16-5-4-15(10-26)8-17(16)29)6-3-7-23(11-21)13-30(20(31)32-23)19-9-18(28-33-19)22(2,24)25/h4-5,8-9,14H,3,6-7,11-13H2,1-2H3/t21?,23-/m0/s1. The van der Waals surface area contributed by atoms with Crippen LogP contribution in [0.1, 0.15) is 50.8 Å². The summed E-state index contributed by atoms with van der Waals surface area (Å²) in [5, 5.41) is 12.7. The van der Waals surface area contributed by atoms with Gasteiger partial charge in [0.25, 0.3) is 5.92 Å². The predicted octanol–water partition coefficient (Wildman–Crippen LogP) is 4.98. The van der Waals surface area contributed by atoms with Crippen LogP contribution in [0.3, 0.4) is 0 Å². The average Bonchev–Trinajstić information content (AvgIpc) is 3.45. The Morgan fingerprint density at radius 1 is 1.30 bits per heavy atom. The van der Waals surface area contributed by atoms with Gasteiger partial charge in [0, 0.05) is 19.5 Å². The molecule has 33 heavy (non-hydrogen) atoms. The average molecular weight is 455 g/mol. The Balaban J connectivity index is 1.38. The maximum Gasteiger partial charge on any atom is 0.417 e. The minimum atomic E-state index is -3.16. The summed E-state index contributed by atoms with van der Waals surface area (Å²) >= 11 is 0. The molecule has 0 N–H and O–H groups in total. The number of benzene rings is 1. The van der Waals surface area contributed by atoms with E-state index < -0.39 is 23.3 Å². The Kier molecular flexibility index (Phi) is 4.71. The molecule has 1 aliphatic carbocycles. The highest BCUT2D eigenvalue weighted by Gasteiger charge is 2.52. The molecule has 2 aromatic heterocycles. The Hall–Kier alpha value is -3.48. The second-order valence-electron chi connectivity index (χ2n) is 9.60. The van der Waals surface area contributed by atoms with Gasteiger partial charge < -0.3 is 13.8 Å². The smallest absolute Gasteiger partial charge is 0.417 e. The van der Waals surface area contributed by atoms with Crippen molar-refractivity contribution in [1.29, 1.82) is 5.26 Å². The predicted molar refractivity (Wildman–Crippen MR) is 114 cm³/mol. The first-order valence-electron chi connectivity index (χ1n) is 10.8. The number of rotatable bonds is 4. The van der Waals surface area contributed by atoms with Crippen molar-refractivity contribution in [3.05, 3.63) is 41.9 Å². The second-order valence-corrected chi connectivity index (χ2v) is 9.60. The number of amides is 1. The lowest BCUT2D eigenvalue weighted by Crippen LogP contribution is -2.45. The van der Waals surface area contributed by atoms with E-state index in [1.165, 1.54) is 4.90 Å². The van der Waals surface area contributed by atoms with Gasteiger partial charge >= 0.3 is 6.09 Å². The highest BCUT2D eigenvalue weighted by atomic mass is 19.3. The number of fused-ring (bicyclic) bond motifs is 1. The normalized spacial score (nSPS) is 25.5. The molecule has 3 heterocycles. The van der Waals surface area contributed by atoms with Crippen molar-refractivity contribution >= 4 is 23.0 Å². The third-order valence-electron chi connectivity index (χ3n) is 6.65. The Labute approximate surface area is 188 Å². The number of imidazole rings is 1. The summed E-state index contributed by atoms with van der Waals surface area (Å²) in [6.45, 7) is 3.74. The summed E-state index contributed by atoms with van der Waals surface area (Å²) in [5.41, 5.74) is 0.806. The first kappa shape index (κ1) is 21.4. The van der Waals surface area contributed by atoms with Crippen molar-refractivity contribution in [2.45, 2.75) is 57.6 Å². The van der Waals surface area contributed by atoms with Gasteiger partial charge in [0.05, 0.1) is 35.5 Å². The number of halogens is 2. The molecule has 1 saturated heterocycles. The molecule has 5 rings (SSSR count). The number of alkyl halides is 2. The number of nitriles is 1. The molecule has 0 bridgehead atoms. The van der Waals surface area contributed by atoms with Crippen molar-refractivity contribution in [2.24, 2.45) is 5.41 Å². The van der Waals surface area contributed by atoms with Crippen LogP contribution in [0.5, 0.6) is 0 Å². The van der Waals surface area contributed by atoms with Crippen LogP contribution in [0.25, 0.3) is 11.0 Å². The second kappa shape index (κ2) is 7.27. The number of aromatic nitrogens is 3. The van der Waals surface area contributed by atoms with Crippen LogP contribution < -0.4 is 4.90 Å². The highest BCUT2D eigenvalue weighted by molar-refractivity contribution is 5.88. The van der Waals surface area contributed by atoms with Crippen molar-refractivity contribution in [2.75, 3.05) is 11.4 Å². The Morgan fingerprint density at radius 3 is 2.85 bits per heavy atom. The molecule has 2 fully saturated rings. The van der Waals surface area contributed by atoms with Crippen molar-refractivity contribution in [3.63, 3.8) is 0 Å². The fourth-order valence-electron chi connectivity index (χ4n) is 5.21. The Morgan fingerprint density at radius 2 is 2.12 bits per heavy atom. The van der Waals surface area contributed by atoms with Gasteiger partial charge in [-0.25, -0.2) is 14.7 Å². The van der Waals surface area contributed by atoms with Crippen LogP contribution in [0.2, 0.25) is 0 Å². The molecule has 10 heteroatoms. The summed E-state index contributed by atoms with van der Waals surface area (Å²) in [4.78, 5) is 18.4. The fourth-order valence-corrected chi connectivity index (χ4v) is 5.21. The number of nitrogens with zero attached hydrogens (tertiary/aromatic N) is 5. The first-order chi connectivity index (χ1) is 15.6. The largest absolute Gasteiger partial charge is 0.441 e. The molecule has 3 aromatic rings. The van der Waals surface area contributed by atoms with Gasteiger partial charge in [0.15, 0.2) is 5.69 Å². The summed E-state index contributed by atoms with van der Waals surface area (Å²) in [6.07, 6.45) is 4.21. The number of hydrogen-bond acceptors (Lipinski definition) is 6. The minimum Gasteiger partial charge on any atom is -0.441 e. The lowest BCUT2D eigenvalue weighted by molar-refractivity contribution is -0.0264. The zero-order chi connectivity index (χ0) is 23.4. The van der Waals surface area contributed by atoms with Gasteiger partial charge in [-0.05, 0) is 49.3 Å². The van der Waals surface area contributed by atoms with Gasteiger partial charge in [-0.15, -0.1) is 0 Å². The van der Waals surface area contributed by atoms with Crippen molar-refractivity contribution in [3.8, 4) is 6.07 Å². The lowest BCUT2D eigenvalue weighted by atomic mass is 9.68. The number of hydrogen-bond donors (Lipinski definition) is 0. The molecular weight excluding hydrogens is 432 g/mol. The van der Waals surface area contributed by atoms with Crippen molar-refractivity contribution in [1.82, 2.24) is 14.7 Å². The molecule has 8 nitrogen and oxygen atoms in total. The number of anilines is 1. The van der Waals surface area contributed by atoms with Crippen LogP contribution in [0, 0.1) is 16.7 Å². The van der Waals surface area contributed by atoms with Gasteiger partial charge in [-0.1, -0.05) is 12.1 Å². The van der Waals surface area contributed by atoms with E-state index in [4.69, 9.17) is 9.26 Å². The minimum absolute atomic E-state index is 0.0367. The topological polar surface area (TPSA) is 97.2 Å². The van der Waals surface area contributed by atoms with E-state index in [-0.39, 0.29) is 17.8 Å². The third kappa shape index (κ3) is 3.81. The van der Waals surface area contributed by atoms with Crippen LogP contribution >= 0.6 is 0 Å². The van der Waals surface area contributed by atoms with E-state index in [1.54, 1.807) is 12.4 Å². The maximum absolute atomic E-state index is 13.6. The summed E-state index contributed by atoms with van der Waals surface area (Å²) < 4.78 is 40.0. The molecule has 172 valence electrons. The van der Waals surface area contributed by atoms with Gasteiger partial charge in [0.2, 0.25) is 5.88 Å². The van der Waals surface area contributed by atoms with E-state index >= 15 is 0 Å². The lowest BCUT2D eigenvalue weighted by Gasteiger charge is -2.43. The van der Waals surface area contributed by atoms with E-state index in [2.05, 4.69) is 23.1 Å². The maximum atomic E-state index is 13.6. The third-order valence-corrected chi connectivity index (χ3v) is 6.65. The quantitative estimate of drug-likeness (QED) is 0.550. The van der Waals surface area contributed by atoms with E-state index in [0.717, 1.165) is 36.9 Å². The molecule has 0 radical (unpaired) electrons. The van der Waals surface area contributed by atoms with Gasteiger partial charge in [-0.3, -0.25) is 0 Å². The molecule has 1 unspecified atom stereocenters. The number of carbonyl (C=O) groups excluding carboxylic acids is 1. The Bertz CT molecular complexity index is 1270.